The van der Waals surface area contributed by atoms with Crippen LogP contribution < -0.4 is 10.9 Å². The van der Waals surface area contributed by atoms with Gasteiger partial charge < -0.3 is 5.32 Å². The SMILES string of the molecule is Cc1ccc(-n2c(SCC(=O)NC(C)(C)C)nc3ccccc3c2=O)c(C)c1. The first-order valence-corrected chi connectivity index (χ1v) is 10.2. The lowest BCUT2D eigenvalue weighted by Gasteiger charge is -2.20. The van der Waals surface area contributed by atoms with Crippen molar-refractivity contribution in [2.24, 2.45) is 0 Å². The molecule has 0 aliphatic rings. The molecule has 0 fully saturated rings. The summed E-state index contributed by atoms with van der Waals surface area (Å²) in [7, 11) is 0. The van der Waals surface area contributed by atoms with E-state index >= 15 is 0 Å². The van der Waals surface area contributed by atoms with E-state index in [0.717, 1.165) is 16.8 Å². The van der Waals surface area contributed by atoms with Gasteiger partial charge in [0.1, 0.15) is 0 Å². The maximum Gasteiger partial charge on any atom is 0.266 e. The van der Waals surface area contributed by atoms with Crippen LogP contribution in [0.3, 0.4) is 0 Å². The van der Waals surface area contributed by atoms with Crippen molar-refractivity contribution in [1.29, 1.82) is 0 Å². The molecule has 5 nitrogen and oxygen atoms in total. The molecule has 0 saturated carbocycles. The van der Waals surface area contributed by atoms with Gasteiger partial charge in [-0.1, -0.05) is 41.6 Å². The molecule has 0 radical (unpaired) electrons. The van der Waals surface area contributed by atoms with Crippen molar-refractivity contribution in [3.8, 4) is 5.69 Å². The van der Waals surface area contributed by atoms with Crippen molar-refractivity contribution in [1.82, 2.24) is 14.9 Å². The van der Waals surface area contributed by atoms with Crippen molar-refractivity contribution in [3.63, 3.8) is 0 Å². The number of aryl methyl sites for hydroxylation is 2. The fourth-order valence-corrected chi connectivity index (χ4v) is 3.87. The molecule has 3 rings (SSSR count). The van der Waals surface area contributed by atoms with Gasteiger partial charge in [-0.2, -0.15) is 0 Å². The summed E-state index contributed by atoms with van der Waals surface area (Å²) in [6, 6.07) is 13.2. The molecule has 3 aromatic rings. The zero-order valence-corrected chi connectivity index (χ0v) is 17.7. The highest BCUT2D eigenvalue weighted by Gasteiger charge is 2.18. The van der Waals surface area contributed by atoms with Crippen LogP contribution in [0.25, 0.3) is 16.6 Å². The van der Waals surface area contributed by atoms with E-state index in [9.17, 15) is 9.59 Å². The van der Waals surface area contributed by atoms with Gasteiger partial charge in [0.2, 0.25) is 5.91 Å². The normalized spacial score (nSPS) is 11.6. The second-order valence-corrected chi connectivity index (χ2v) is 8.87. The molecule has 6 heteroatoms. The largest absolute Gasteiger partial charge is 0.351 e. The first-order valence-electron chi connectivity index (χ1n) is 9.19. The summed E-state index contributed by atoms with van der Waals surface area (Å²) < 4.78 is 1.62. The fraction of sp³-hybridized carbons (Fsp3) is 0.318. The van der Waals surface area contributed by atoms with E-state index in [4.69, 9.17) is 4.98 Å². The third-order valence-corrected chi connectivity index (χ3v) is 5.12. The van der Waals surface area contributed by atoms with Gasteiger partial charge in [-0.3, -0.25) is 14.2 Å². The quantitative estimate of drug-likeness (QED) is 0.535. The molecule has 2 aromatic carbocycles. The number of fused-ring (bicyclic) bond motifs is 1. The van der Waals surface area contributed by atoms with Crippen LogP contribution in [0.4, 0.5) is 0 Å². The Balaban J connectivity index is 2.10. The first kappa shape index (κ1) is 20.1. The van der Waals surface area contributed by atoms with Gasteiger partial charge in [-0.15, -0.1) is 0 Å². The Kier molecular flexibility index (Phi) is 5.61. The maximum atomic E-state index is 13.3. The molecule has 0 aliphatic carbocycles. The number of thioether (sulfide) groups is 1. The zero-order valence-electron chi connectivity index (χ0n) is 16.9. The molecule has 1 amide bonds. The van der Waals surface area contributed by atoms with E-state index in [0.29, 0.717) is 16.1 Å². The Morgan fingerprint density at radius 2 is 1.86 bits per heavy atom. The summed E-state index contributed by atoms with van der Waals surface area (Å²) in [4.78, 5) is 30.3. The lowest BCUT2D eigenvalue weighted by Crippen LogP contribution is -2.41. The number of benzene rings is 2. The van der Waals surface area contributed by atoms with Gasteiger partial charge in [0.05, 0.1) is 22.3 Å². The maximum absolute atomic E-state index is 13.3. The molecular weight excluding hydrogens is 370 g/mol. The number of aromatic nitrogens is 2. The average Bonchev–Trinajstić information content (AvgIpc) is 2.60. The Morgan fingerprint density at radius 1 is 1.14 bits per heavy atom. The number of nitrogens with one attached hydrogen (secondary N) is 1. The minimum absolute atomic E-state index is 0.0907. The third kappa shape index (κ3) is 4.44. The van der Waals surface area contributed by atoms with E-state index in [-0.39, 0.29) is 22.8 Å². The molecule has 1 heterocycles. The lowest BCUT2D eigenvalue weighted by molar-refractivity contribution is -0.119. The van der Waals surface area contributed by atoms with Gasteiger partial charge in [0, 0.05) is 5.54 Å². The van der Waals surface area contributed by atoms with Crippen molar-refractivity contribution >= 4 is 28.6 Å². The molecule has 0 spiro atoms. The second-order valence-electron chi connectivity index (χ2n) is 7.93. The van der Waals surface area contributed by atoms with E-state index in [1.807, 2.05) is 71.0 Å². The molecule has 1 aromatic heterocycles. The number of carbonyl (C=O) groups is 1. The highest BCUT2D eigenvalue weighted by Crippen LogP contribution is 2.23. The minimum Gasteiger partial charge on any atom is -0.351 e. The van der Waals surface area contributed by atoms with Crippen molar-refractivity contribution in [3.05, 3.63) is 63.9 Å². The average molecular weight is 396 g/mol. The number of amides is 1. The van der Waals surface area contributed by atoms with Crippen LogP contribution in [0.1, 0.15) is 31.9 Å². The number of nitrogens with zero attached hydrogens (tertiary/aromatic N) is 2. The molecule has 0 unspecified atom stereocenters. The summed E-state index contributed by atoms with van der Waals surface area (Å²) in [6.45, 7) is 9.82. The molecule has 0 atom stereocenters. The highest BCUT2D eigenvalue weighted by molar-refractivity contribution is 7.99. The van der Waals surface area contributed by atoms with Gasteiger partial charge in [-0.05, 0) is 58.4 Å². The molecule has 0 saturated heterocycles. The Hall–Kier alpha value is -2.60. The van der Waals surface area contributed by atoms with Gasteiger partial charge in [0.25, 0.3) is 5.56 Å². The summed E-state index contributed by atoms with van der Waals surface area (Å²) in [5.41, 5.74) is 3.10. The Bertz CT molecular complexity index is 1100. The molecule has 28 heavy (non-hydrogen) atoms. The lowest BCUT2D eigenvalue weighted by atomic mass is 10.1. The fourth-order valence-electron chi connectivity index (χ4n) is 3.06. The van der Waals surface area contributed by atoms with Crippen LogP contribution in [-0.4, -0.2) is 26.8 Å². The Labute approximate surface area is 169 Å². The predicted octanol–water partition coefficient (Wildman–Crippen LogP) is 4.01. The Morgan fingerprint density at radius 3 is 2.54 bits per heavy atom. The zero-order chi connectivity index (χ0) is 20.5. The van der Waals surface area contributed by atoms with Crippen LogP contribution in [0.5, 0.6) is 0 Å². The number of hydrogen-bond donors (Lipinski definition) is 1. The van der Waals surface area contributed by atoms with Gasteiger partial charge in [-0.25, -0.2) is 4.98 Å². The third-order valence-electron chi connectivity index (χ3n) is 4.18. The topological polar surface area (TPSA) is 64.0 Å². The molecule has 0 bridgehead atoms. The molecule has 1 N–H and O–H groups in total. The van der Waals surface area contributed by atoms with Crippen LogP contribution in [0, 0.1) is 13.8 Å². The van der Waals surface area contributed by atoms with E-state index in [1.54, 1.807) is 10.6 Å². The number of hydrogen-bond acceptors (Lipinski definition) is 4. The summed E-state index contributed by atoms with van der Waals surface area (Å²) in [5, 5.41) is 4.02. The first-order chi connectivity index (χ1) is 13.2. The number of carbonyl (C=O) groups excluding carboxylic acids is 1. The van der Waals surface area contributed by atoms with Gasteiger partial charge >= 0.3 is 0 Å². The van der Waals surface area contributed by atoms with Crippen molar-refractivity contribution < 1.29 is 4.79 Å². The summed E-state index contributed by atoms with van der Waals surface area (Å²) >= 11 is 1.27. The van der Waals surface area contributed by atoms with Crippen LogP contribution in [-0.2, 0) is 4.79 Å². The van der Waals surface area contributed by atoms with Crippen LogP contribution in [0.15, 0.2) is 52.4 Å². The number of para-hydroxylation sites is 1. The van der Waals surface area contributed by atoms with Crippen LogP contribution in [0.2, 0.25) is 0 Å². The monoisotopic (exact) mass is 395 g/mol. The van der Waals surface area contributed by atoms with Crippen molar-refractivity contribution in [2.75, 3.05) is 5.75 Å². The van der Waals surface area contributed by atoms with Crippen LogP contribution >= 0.6 is 11.8 Å². The second kappa shape index (κ2) is 7.80. The molecular formula is C22H25N3O2S. The minimum atomic E-state index is -0.304. The summed E-state index contributed by atoms with van der Waals surface area (Å²) in [5.74, 6) is 0.0968. The number of rotatable bonds is 4. The van der Waals surface area contributed by atoms with Crippen molar-refractivity contribution in [2.45, 2.75) is 45.3 Å². The summed E-state index contributed by atoms with van der Waals surface area (Å²) in [6.07, 6.45) is 0. The highest BCUT2D eigenvalue weighted by atomic mass is 32.2. The standard InChI is InChI=1S/C22H25N3O2S/c1-14-10-11-18(15(2)12-14)25-20(27)16-8-6-7-9-17(16)23-21(25)28-13-19(26)24-22(3,4)5/h6-12H,13H2,1-5H3,(H,24,26). The molecule has 0 aliphatic heterocycles. The molecule has 146 valence electrons. The smallest absolute Gasteiger partial charge is 0.266 e. The van der Waals surface area contributed by atoms with Gasteiger partial charge in [0.15, 0.2) is 5.16 Å². The predicted molar refractivity (Wildman–Crippen MR) is 115 cm³/mol. The van der Waals surface area contributed by atoms with E-state index < -0.39 is 0 Å². The van der Waals surface area contributed by atoms with E-state index in [1.165, 1.54) is 11.8 Å². The van der Waals surface area contributed by atoms with E-state index in [2.05, 4.69) is 5.32 Å².